The summed E-state index contributed by atoms with van der Waals surface area (Å²) in [5.74, 6) is -1.19. The Morgan fingerprint density at radius 1 is 1.12 bits per heavy atom. The maximum atomic E-state index is 12.7. The van der Waals surface area contributed by atoms with Crippen molar-refractivity contribution in [2.75, 3.05) is 5.32 Å². The quantitative estimate of drug-likeness (QED) is 0.818. The first-order valence-corrected chi connectivity index (χ1v) is 7.39. The minimum absolute atomic E-state index is 0.176. The Morgan fingerprint density at radius 2 is 1.81 bits per heavy atom. The fraction of sp³-hybridized carbons (Fsp3) is 0.167. The minimum atomic E-state index is -4.47. The van der Waals surface area contributed by atoms with Crippen LogP contribution in [0.25, 0.3) is 0 Å². The SMILES string of the molecule is N#CCC(=O)Nc1ccc(C(=O)OCc2cccc(C(F)(F)F)c2)cc1. The fourth-order valence-corrected chi connectivity index (χ4v) is 2.04. The molecule has 2 aromatic rings. The Morgan fingerprint density at radius 3 is 2.42 bits per heavy atom. The van der Waals surface area contributed by atoms with Crippen molar-refractivity contribution in [2.24, 2.45) is 0 Å². The molecule has 1 amide bonds. The molecule has 2 rings (SSSR count). The van der Waals surface area contributed by atoms with Crippen LogP contribution < -0.4 is 5.32 Å². The van der Waals surface area contributed by atoms with Crippen molar-refractivity contribution in [1.82, 2.24) is 0 Å². The number of nitrogens with zero attached hydrogens (tertiary/aromatic N) is 1. The van der Waals surface area contributed by atoms with Gasteiger partial charge in [0.15, 0.2) is 0 Å². The first kappa shape index (κ1) is 19.0. The second-order valence-corrected chi connectivity index (χ2v) is 5.23. The van der Waals surface area contributed by atoms with Crippen molar-refractivity contribution in [3.8, 4) is 6.07 Å². The molecule has 0 aliphatic heterocycles. The molecule has 0 saturated heterocycles. The predicted molar refractivity (Wildman–Crippen MR) is 85.9 cm³/mol. The number of nitrogens with one attached hydrogen (secondary N) is 1. The van der Waals surface area contributed by atoms with E-state index in [1.165, 1.54) is 36.4 Å². The first-order valence-electron chi connectivity index (χ1n) is 7.39. The highest BCUT2D eigenvalue weighted by molar-refractivity contribution is 5.93. The van der Waals surface area contributed by atoms with Gasteiger partial charge in [0.25, 0.3) is 0 Å². The van der Waals surface area contributed by atoms with Gasteiger partial charge in [-0.3, -0.25) is 4.79 Å². The Kier molecular flexibility index (Phi) is 5.96. The summed E-state index contributed by atoms with van der Waals surface area (Å²) in [7, 11) is 0. The van der Waals surface area contributed by atoms with Crippen molar-refractivity contribution >= 4 is 17.6 Å². The zero-order valence-corrected chi connectivity index (χ0v) is 13.3. The van der Waals surface area contributed by atoms with Crippen LogP contribution in [0.3, 0.4) is 0 Å². The van der Waals surface area contributed by atoms with Gasteiger partial charge in [0.1, 0.15) is 13.0 Å². The molecule has 0 spiro atoms. The molecular weight excluding hydrogens is 349 g/mol. The number of esters is 1. The van der Waals surface area contributed by atoms with Crippen molar-refractivity contribution in [3.63, 3.8) is 0 Å². The number of ether oxygens (including phenoxy) is 1. The molecule has 0 fully saturated rings. The summed E-state index contributed by atoms with van der Waals surface area (Å²) in [5, 5.41) is 10.9. The highest BCUT2D eigenvalue weighted by Gasteiger charge is 2.30. The van der Waals surface area contributed by atoms with E-state index < -0.39 is 23.6 Å². The zero-order chi connectivity index (χ0) is 19.2. The summed E-state index contributed by atoms with van der Waals surface area (Å²) in [6.45, 7) is -0.302. The summed E-state index contributed by atoms with van der Waals surface area (Å²) >= 11 is 0. The number of benzene rings is 2. The van der Waals surface area contributed by atoms with Gasteiger partial charge < -0.3 is 10.1 Å². The Balaban J connectivity index is 1.96. The fourth-order valence-electron chi connectivity index (χ4n) is 2.04. The molecule has 0 aliphatic rings. The number of amides is 1. The summed E-state index contributed by atoms with van der Waals surface area (Å²) in [6.07, 6.45) is -4.76. The van der Waals surface area contributed by atoms with Gasteiger partial charge in [0.2, 0.25) is 5.91 Å². The van der Waals surface area contributed by atoms with Crippen LogP contribution in [0, 0.1) is 11.3 Å². The van der Waals surface area contributed by atoms with Crippen molar-refractivity contribution in [1.29, 1.82) is 5.26 Å². The lowest BCUT2D eigenvalue weighted by Gasteiger charge is -2.09. The van der Waals surface area contributed by atoms with E-state index in [1.54, 1.807) is 6.07 Å². The molecule has 0 heterocycles. The van der Waals surface area contributed by atoms with E-state index in [-0.39, 0.29) is 24.2 Å². The molecule has 0 unspecified atom stereocenters. The molecule has 0 aliphatic carbocycles. The van der Waals surface area contributed by atoms with Crippen molar-refractivity contribution < 1.29 is 27.5 Å². The average Bonchev–Trinajstić information content (AvgIpc) is 2.60. The van der Waals surface area contributed by atoms with Crippen LogP contribution in [0.15, 0.2) is 48.5 Å². The van der Waals surface area contributed by atoms with E-state index in [0.29, 0.717) is 5.69 Å². The molecule has 5 nitrogen and oxygen atoms in total. The second kappa shape index (κ2) is 8.16. The lowest BCUT2D eigenvalue weighted by Crippen LogP contribution is -2.11. The molecule has 1 N–H and O–H groups in total. The van der Waals surface area contributed by atoms with Crippen molar-refractivity contribution in [2.45, 2.75) is 19.2 Å². The third-order valence-corrected chi connectivity index (χ3v) is 3.27. The highest BCUT2D eigenvalue weighted by Crippen LogP contribution is 2.29. The second-order valence-electron chi connectivity index (χ2n) is 5.23. The average molecular weight is 362 g/mol. The summed E-state index contributed by atoms with van der Waals surface area (Å²) in [4.78, 5) is 23.2. The van der Waals surface area contributed by atoms with Crippen LogP contribution in [0.2, 0.25) is 0 Å². The number of hydrogen-bond acceptors (Lipinski definition) is 4. The first-order chi connectivity index (χ1) is 12.3. The standard InChI is InChI=1S/C18H13F3N2O3/c19-18(20,21)14-3-1-2-12(10-14)11-26-17(25)13-4-6-15(7-5-13)23-16(24)8-9-22/h1-7,10H,8,11H2,(H,23,24). The highest BCUT2D eigenvalue weighted by atomic mass is 19.4. The maximum Gasteiger partial charge on any atom is 0.416 e. The van der Waals surface area contributed by atoms with E-state index in [0.717, 1.165) is 12.1 Å². The van der Waals surface area contributed by atoms with Crippen molar-refractivity contribution in [3.05, 3.63) is 65.2 Å². The molecule has 8 heteroatoms. The van der Waals surface area contributed by atoms with Gasteiger partial charge >= 0.3 is 12.1 Å². The van der Waals surface area contributed by atoms with E-state index in [4.69, 9.17) is 10.00 Å². The lowest BCUT2D eigenvalue weighted by atomic mass is 10.1. The van der Waals surface area contributed by atoms with Gasteiger partial charge in [-0.05, 0) is 42.0 Å². The van der Waals surface area contributed by atoms with Gasteiger partial charge in [-0.1, -0.05) is 12.1 Å². The van der Waals surface area contributed by atoms with E-state index in [9.17, 15) is 22.8 Å². The van der Waals surface area contributed by atoms with E-state index in [1.807, 2.05) is 0 Å². The minimum Gasteiger partial charge on any atom is -0.457 e. The van der Waals surface area contributed by atoms with Crippen LogP contribution in [0.5, 0.6) is 0 Å². The van der Waals surface area contributed by atoms with Gasteiger partial charge in [0.05, 0.1) is 17.2 Å². The molecule has 0 saturated carbocycles. The van der Waals surface area contributed by atoms with E-state index in [2.05, 4.69) is 5.32 Å². The number of anilines is 1. The van der Waals surface area contributed by atoms with Gasteiger partial charge in [-0.2, -0.15) is 18.4 Å². The summed E-state index contributed by atoms with van der Waals surface area (Å²) in [5.41, 5.74) is -0.0213. The molecule has 0 radical (unpaired) electrons. The van der Waals surface area contributed by atoms with Crippen LogP contribution in [0.4, 0.5) is 18.9 Å². The molecular formula is C18H13F3N2O3. The Bertz CT molecular complexity index is 840. The number of nitriles is 1. The Hall–Kier alpha value is -3.34. The maximum absolute atomic E-state index is 12.7. The van der Waals surface area contributed by atoms with Crippen LogP contribution in [-0.2, 0) is 22.3 Å². The summed E-state index contributed by atoms with van der Waals surface area (Å²) < 4.78 is 43.0. The molecule has 2 aromatic carbocycles. The van der Waals surface area contributed by atoms with Gasteiger partial charge in [0, 0.05) is 5.69 Å². The summed E-state index contributed by atoms with van der Waals surface area (Å²) in [6, 6.07) is 11.9. The monoisotopic (exact) mass is 362 g/mol. The van der Waals surface area contributed by atoms with Crippen LogP contribution in [-0.4, -0.2) is 11.9 Å². The van der Waals surface area contributed by atoms with Crippen LogP contribution >= 0.6 is 0 Å². The Labute approximate surface area is 147 Å². The normalized spacial score (nSPS) is 10.7. The van der Waals surface area contributed by atoms with Gasteiger partial charge in [-0.25, -0.2) is 4.79 Å². The van der Waals surface area contributed by atoms with Gasteiger partial charge in [-0.15, -0.1) is 0 Å². The third kappa shape index (κ3) is 5.34. The largest absolute Gasteiger partial charge is 0.457 e. The molecule has 134 valence electrons. The number of rotatable bonds is 5. The smallest absolute Gasteiger partial charge is 0.416 e. The third-order valence-electron chi connectivity index (χ3n) is 3.27. The number of carbonyl (C=O) groups is 2. The van der Waals surface area contributed by atoms with E-state index >= 15 is 0 Å². The number of carbonyl (C=O) groups excluding carboxylic acids is 2. The molecule has 0 bridgehead atoms. The number of halogens is 3. The molecule has 0 aromatic heterocycles. The van der Waals surface area contributed by atoms with Crippen LogP contribution in [0.1, 0.15) is 27.9 Å². The topological polar surface area (TPSA) is 79.2 Å². The molecule has 0 atom stereocenters. The zero-order valence-electron chi connectivity index (χ0n) is 13.3. The lowest BCUT2D eigenvalue weighted by molar-refractivity contribution is -0.137. The number of alkyl halides is 3. The number of hydrogen-bond donors (Lipinski definition) is 1. The predicted octanol–water partition coefficient (Wildman–Crippen LogP) is 3.91. The molecule has 26 heavy (non-hydrogen) atoms.